The van der Waals surface area contributed by atoms with Gasteiger partial charge in [-0.3, -0.25) is 4.79 Å². The Morgan fingerprint density at radius 3 is 2.94 bits per heavy atom. The van der Waals surface area contributed by atoms with E-state index in [2.05, 4.69) is 15.3 Å². The first-order chi connectivity index (χ1) is 7.59. The van der Waals surface area contributed by atoms with Gasteiger partial charge in [-0.05, 0) is 13.3 Å². The minimum absolute atomic E-state index is 0.253. The van der Waals surface area contributed by atoms with Crippen LogP contribution in [0.15, 0.2) is 12.4 Å². The van der Waals surface area contributed by atoms with Crippen LogP contribution in [0.25, 0.3) is 0 Å². The zero-order chi connectivity index (χ0) is 11.6. The third-order valence-corrected chi connectivity index (χ3v) is 2.68. The summed E-state index contributed by atoms with van der Waals surface area (Å²) in [4.78, 5) is 19.5. The summed E-state index contributed by atoms with van der Waals surface area (Å²) in [6, 6.07) is 0. The summed E-state index contributed by atoms with van der Waals surface area (Å²) in [5.41, 5.74) is -0.0455. The van der Waals surface area contributed by atoms with Gasteiger partial charge in [0.1, 0.15) is 10.8 Å². The molecule has 1 amide bonds. The van der Waals surface area contributed by atoms with Crippen LogP contribution in [0.1, 0.15) is 23.8 Å². The molecule has 0 saturated carbocycles. The van der Waals surface area contributed by atoms with Gasteiger partial charge in [-0.1, -0.05) is 11.6 Å². The minimum atomic E-state index is -0.307. The highest BCUT2D eigenvalue weighted by Crippen LogP contribution is 2.17. The minimum Gasteiger partial charge on any atom is -0.379 e. The van der Waals surface area contributed by atoms with E-state index in [0.29, 0.717) is 13.2 Å². The van der Waals surface area contributed by atoms with Crippen LogP contribution in [-0.2, 0) is 4.74 Å². The van der Waals surface area contributed by atoms with Crippen LogP contribution >= 0.6 is 11.6 Å². The van der Waals surface area contributed by atoms with E-state index < -0.39 is 0 Å². The molecule has 0 radical (unpaired) electrons. The van der Waals surface area contributed by atoms with Crippen molar-refractivity contribution in [3.8, 4) is 0 Å². The van der Waals surface area contributed by atoms with Crippen molar-refractivity contribution in [1.82, 2.24) is 15.3 Å². The van der Waals surface area contributed by atoms with Crippen molar-refractivity contribution in [2.45, 2.75) is 18.9 Å². The molecule has 86 valence electrons. The average molecular weight is 242 g/mol. The number of hydrogen-bond donors (Lipinski definition) is 1. The van der Waals surface area contributed by atoms with Crippen molar-refractivity contribution in [3.63, 3.8) is 0 Å². The van der Waals surface area contributed by atoms with E-state index in [1.54, 1.807) is 0 Å². The van der Waals surface area contributed by atoms with E-state index in [-0.39, 0.29) is 22.3 Å². The standard InChI is InChI=1S/C10H12ClN3O2/c1-10(2-3-16-6-10)14-9(15)7-4-13-8(11)5-12-7/h4-5H,2-3,6H2,1H3,(H,14,15). The lowest BCUT2D eigenvalue weighted by molar-refractivity contribution is 0.0884. The summed E-state index contributed by atoms with van der Waals surface area (Å²) in [5, 5.41) is 3.15. The lowest BCUT2D eigenvalue weighted by Gasteiger charge is -2.22. The van der Waals surface area contributed by atoms with E-state index in [4.69, 9.17) is 16.3 Å². The van der Waals surface area contributed by atoms with Crippen LogP contribution in [0.4, 0.5) is 0 Å². The molecule has 2 heterocycles. The van der Waals surface area contributed by atoms with Gasteiger partial charge in [-0.15, -0.1) is 0 Å². The van der Waals surface area contributed by atoms with E-state index in [0.717, 1.165) is 6.42 Å². The molecule has 1 unspecified atom stereocenters. The smallest absolute Gasteiger partial charge is 0.271 e. The van der Waals surface area contributed by atoms with Gasteiger partial charge < -0.3 is 10.1 Å². The lowest BCUT2D eigenvalue weighted by Crippen LogP contribution is -2.46. The maximum atomic E-state index is 11.8. The van der Waals surface area contributed by atoms with E-state index in [9.17, 15) is 4.79 Å². The lowest BCUT2D eigenvalue weighted by atomic mass is 10.0. The molecule has 0 aliphatic carbocycles. The number of amides is 1. The van der Waals surface area contributed by atoms with Gasteiger partial charge in [0.25, 0.3) is 5.91 Å². The van der Waals surface area contributed by atoms with Crippen LogP contribution in [0.3, 0.4) is 0 Å². The van der Waals surface area contributed by atoms with Crippen molar-refractivity contribution in [2.75, 3.05) is 13.2 Å². The third kappa shape index (κ3) is 2.48. The summed E-state index contributed by atoms with van der Waals surface area (Å²) >= 11 is 5.59. The first-order valence-corrected chi connectivity index (χ1v) is 5.35. The zero-order valence-electron chi connectivity index (χ0n) is 8.86. The maximum Gasteiger partial charge on any atom is 0.271 e. The van der Waals surface area contributed by atoms with E-state index in [1.165, 1.54) is 12.4 Å². The second-order valence-corrected chi connectivity index (χ2v) is 4.43. The molecule has 16 heavy (non-hydrogen) atoms. The fraction of sp³-hybridized carbons (Fsp3) is 0.500. The Balaban J connectivity index is 2.05. The third-order valence-electron chi connectivity index (χ3n) is 2.49. The predicted octanol–water partition coefficient (Wildman–Crippen LogP) is 1.04. The summed E-state index contributed by atoms with van der Waals surface area (Å²) in [6.45, 7) is 3.14. The monoisotopic (exact) mass is 241 g/mol. The van der Waals surface area contributed by atoms with Crippen molar-refractivity contribution in [2.24, 2.45) is 0 Å². The molecule has 1 aromatic heterocycles. The van der Waals surface area contributed by atoms with Gasteiger partial charge in [0, 0.05) is 6.61 Å². The molecule has 1 saturated heterocycles. The molecule has 2 rings (SSSR count). The maximum absolute atomic E-state index is 11.8. The molecular weight excluding hydrogens is 230 g/mol. The Hall–Kier alpha value is -1.20. The molecule has 5 nitrogen and oxygen atoms in total. The Labute approximate surface area is 98.2 Å². The highest BCUT2D eigenvalue weighted by atomic mass is 35.5. The first-order valence-electron chi connectivity index (χ1n) is 4.97. The number of ether oxygens (including phenoxy) is 1. The summed E-state index contributed by atoms with van der Waals surface area (Å²) in [7, 11) is 0. The number of hydrogen-bond acceptors (Lipinski definition) is 4. The summed E-state index contributed by atoms with van der Waals surface area (Å²) in [5.74, 6) is -0.253. The molecule has 1 atom stereocenters. The number of halogens is 1. The average Bonchev–Trinajstić information content (AvgIpc) is 2.65. The van der Waals surface area contributed by atoms with Gasteiger partial charge in [0.15, 0.2) is 0 Å². The van der Waals surface area contributed by atoms with E-state index in [1.807, 2.05) is 6.92 Å². The number of nitrogens with zero attached hydrogens (tertiary/aromatic N) is 2. The normalized spacial score (nSPS) is 24.4. The number of carbonyl (C=O) groups excluding carboxylic acids is 1. The Morgan fingerprint density at radius 2 is 2.38 bits per heavy atom. The molecule has 0 spiro atoms. The molecule has 1 N–H and O–H groups in total. The molecule has 1 aromatic rings. The first kappa shape index (κ1) is 11.3. The number of nitrogens with one attached hydrogen (secondary N) is 1. The zero-order valence-corrected chi connectivity index (χ0v) is 9.62. The summed E-state index contributed by atoms with van der Waals surface area (Å²) < 4.78 is 5.24. The largest absolute Gasteiger partial charge is 0.379 e. The van der Waals surface area contributed by atoms with Gasteiger partial charge >= 0.3 is 0 Å². The topological polar surface area (TPSA) is 64.1 Å². The van der Waals surface area contributed by atoms with E-state index >= 15 is 0 Å². The Morgan fingerprint density at radius 1 is 1.56 bits per heavy atom. The molecule has 1 aliphatic heterocycles. The second kappa shape index (κ2) is 4.35. The highest BCUT2D eigenvalue weighted by molar-refractivity contribution is 6.29. The predicted molar refractivity (Wildman–Crippen MR) is 58.3 cm³/mol. The van der Waals surface area contributed by atoms with Crippen molar-refractivity contribution < 1.29 is 9.53 Å². The van der Waals surface area contributed by atoms with Crippen LogP contribution in [-0.4, -0.2) is 34.6 Å². The van der Waals surface area contributed by atoms with Gasteiger partial charge in [0.05, 0.1) is 24.5 Å². The number of carbonyl (C=O) groups is 1. The summed E-state index contributed by atoms with van der Waals surface area (Å²) in [6.07, 6.45) is 3.51. The van der Waals surface area contributed by atoms with Gasteiger partial charge in [0.2, 0.25) is 0 Å². The quantitative estimate of drug-likeness (QED) is 0.840. The molecule has 1 fully saturated rings. The van der Waals surface area contributed by atoms with Crippen LogP contribution in [0.5, 0.6) is 0 Å². The Bertz CT molecular complexity index is 388. The van der Waals surface area contributed by atoms with Crippen LogP contribution < -0.4 is 5.32 Å². The van der Waals surface area contributed by atoms with Crippen molar-refractivity contribution in [3.05, 3.63) is 23.2 Å². The molecule has 0 bridgehead atoms. The Kier molecular flexibility index (Phi) is 3.07. The number of rotatable bonds is 2. The molecule has 0 aromatic carbocycles. The highest BCUT2D eigenvalue weighted by Gasteiger charge is 2.31. The fourth-order valence-electron chi connectivity index (χ4n) is 1.53. The van der Waals surface area contributed by atoms with Gasteiger partial charge in [-0.25, -0.2) is 9.97 Å². The number of aromatic nitrogens is 2. The molecule has 6 heteroatoms. The molecular formula is C10H12ClN3O2. The van der Waals surface area contributed by atoms with Crippen LogP contribution in [0, 0.1) is 0 Å². The second-order valence-electron chi connectivity index (χ2n) is 4.04. The SMILES string of the molecule is CC1(NC(=O)c2cnc(Cl)cn2)CCOC1. The van der Waals surface area contributed by atoms with Crippen molar-refractivity contribution >= 4 is 17.5 Å². The van der Waals surface area contributed by atoms with Crippen molar-refractivity contribution in [1.29, 1.82) is 0 Å². The molecule has 1 aliphatic rings. The van der Waals surface area contributed by atoms with Crippen LogP contribution in [0.2, 0.25) is 5.15 Å². The van der Waals surface area contributed by atoms with Gasteiger partial charge in [-0.2, -0.15) is 0 Å². The fourth-order valence-corrected chi connectivity index (χ4v) is 1.63.